The molecule has 23 heavy (non-hydrogen) atoms. The molecule has 128 valence electrons. The number of hydrogen-bond donors (Lipinski definition) is 2. The molecule has 1 aromatic rings. The molecule has 0 saturated carbocycles. The van der Waals surface area contributed by atoms with E-state index >= 15 is 0 Å². The molecule has 1 fully saturated rings. The van der Waals surface area contributed by atoms with Crippen LogP contribution >= 0.6 is 0 Å². The number of carboxylic acid groups (broad SMARTS) is 1. The van der Waals surface area contributed by atoms with Gasteiger partial charge in [0.1, 0.15) is 11.4 Å². The molecule has 0 amide bonds. The van der Waals surface area contributed by atoms with Gasteiger partial charge in [-0.1, -0.05) is 0 Å². The lowest BCUT2D eigenvalue weighted by Crippen LogP contribution is -2.52. The van der Waals surface area contributed by atoms with Gasteiger partial charge in [0.15, 0.2) is 6.04 Å². The smallest absolute Gasteiger partial charge is 0.328 e. The van der Waals surface area contributed by atoms with Gasteiger partial charge in [-0.15, -0.1) is 0 Å². The summed E-state index contributed by atoms with van der Waals surface area (Å²) < 4.78 is 10.6. The summed E-state index contributed by atoms with van der Waals surface area (Å²) in [6.45, 7) is 5.84. The van der Waals surface area contributed by atoms with Gasteiger partial charge in [0.2, 0.25) is 0 Å². The van der Waals surface area contributed by atoms with Crippen LogP contribution in [0.4, 0.5) is 0 Å². The maximum absolute atomic E-state index is 12.2. The molecule has 2 rings (SSSR count). The summed E-state index contributed by atoms with van der Waals surface area (Å²) in [5.74, 6) is -1.28. The highest BCUT2D eigenvalue weighted by atomic mass is 16.6. The second-order valence-corrected chi connectivity index (χ2v) is 6.82. The Balaban J connectivity index is 2.06. The zero-order chi connectivity index (χ0) is 17.2. The number of carbonyl (C=O) groups excluding carboxylic acids is 1. The topological polar surface area (TPSA) is 106 Å². The van der Waals surface area contributed by atoms with E-state index in [0.717, 1.165) is 0 Å². The van der Waals surface area contributed by atoms with Crippen LogP contribution in [0.15, 0.2) is 22.8 Å². The Morgan fingerprint density at radius 3 is 2.65 bits per heavy atom. The molecule has 1 saturated heterocycles. The van der Waals surface area contributed by atoms with Crippen molar-refractivity contribution in [3.05, 3.63) is 24.2 Å². The number of ether oxygens (including phenoxy) is 1. The van der Waals surface area contributed by atoms with E-state index in [1.807, 2.05) is 20.8 Å². The van der Waals surface area contributed by atoms with Crippen LogP contribution in [0.5, 0.6) is 0 Å². The van der Waals surface area contributed by atoms with Crippen molar-refractivity contribution in [2.45, 2.75) is 51.4 Å². The van der Waals surface area contributed by atoms with Crippen LogP contribution in [0.3, 0.4) is 0 Å². The normalized spacial score (nSPS) is 24.2. The largest absolute Gasteiger partial charge is 0.480 e. The molecule has 2 heterocycles. The summed E-state index contributed by atoms with van der Waals surface area (Å²) in [6, 6.07) is 2.31. The number of aliphatic carboxylic acids is 1. The average Bonchev–Trinajstić information content (AvgIpc) is 2.92. The third kappa shape index (κ3) is 4.33. The maximum Gasteiger partial charge on any atom is 0.328 e. The van der Waals surface area contributed by atoms with E-state index in [2.05, 4.69) is 0 Å². The molecule has 1 aliphatic rings. The molecular weight excluding hydrogens is 300 g/mol. The summed E-state index contributed by atoms with van der Waals surface area (Å²) in [4.78, 5) is 25.4. The van der Waals surface area contributed by atoms with Crippen molar-refractivity contribution in [3.8, 4) is 0 Å². The predicted octanol–water partition coefficient (Wildman–Crippen LogP) is 1.74. The average molecular weight is 324 g/mol. The van der Waals surface area contributed by atoms with Gasteiger partial charge in [-0.25, -0.2) is 0 Å². The number of carbonyl (C=O) groups is 2. The first kappa shape index (κ1) is 17.5. The van der Waals surface area contributed by atoms with E-state index in [4.69, 9.17) is 14.9 Å². The van der Waals surface area contributed by atoms with E-state index in [1.54, 1.807) is 17.0 Å². The fourth-order valence-electron chi connectivity index (χ4n) is 2.81. The molecule has 7 nitrogen and oxygen atoms in total. The molecule has 3 N–H and O–H groups in total. The van der Waals surface area contributed by atoms with Gasteiger partial charge in [0, 0.05) is 6.54 Å². The Bertz CT molecular complexity index is 549. The van der Waals surface area contributed by atoms with Gasteiger partial charge >= 0.3 is 11.9 Å². The first-order valence-electron chi connectivity index (χ1n) is 7.69. The lowest BCUT2D eigenvalue weighted by molar-refractivity contribution is -0.163. The second-order valence-electron chi connectivity index (χ2n) is 6.82. The van der Waals surface area contributed by atoms with Crippen LogP contribution in [-0.4, -0.2) is 40.3 Å². The summed E-state index contributed by atoms with van der Waals surface area (Å²) in [6.07, 6.45) is 1.75. The van der Waals surface area contributed by atoms with Crippen molar-refractivity contribution in [3.63, 3.8) is 0 Å². The number of nitrogens with two attached hydrogens (primary N) is 1. The Morgan fingerprint density at radius 2 is 2.17 bits per heavy atom. The molecular formula is C16H24N2O5. The molecule has 1 aliphatic heterocycles. The number of esters is 1. The van der Waals surface area contributed by atoms with Gasteiger partial charge in [-0.2, -0.15) is 0 Å². The number of carboxylic acids is 1. The fraction of sp³-hybridized carbons (Fsp3) is 0.625. The highest BCUT2D eigenvalue weighted by molar-refractivity contribution is 5.75. The summed E-state index contributed by atoms with van der Waals surface area (Å²) in [5, 5.41) is 9.49. The molecule has 7 heteroatoms. The number of likely N-dealkylation sites (tertiary alicyclic amines) is 1. The fourth-order valence-corrected chi connectivity index (χ4v) is 2.81. The minimum atomic E-state index is -1.02. The summed E-state index contributed by atoms with van der Waals surface area (Å²) in [5.41, 5.74) is 5.58. The minimum Gasteiger partial charge on any atom is -0.480 e. The van der Waals surface area contributed by atoms with Crippen LogP contribution in [0.2, 0.25) is 0 Å². The maximum atomic E-state index is 12.2. The predicted molar refractivity (Wildman–Crippen MR) is 82.3 cm³/mol. The van der Waals surface area contributed by atoms with Gasteiger partial charge in [-0.3, -0.25) is 14.5 Å². The first-order valence-corrected chi connectivity index (χ1v) is 7.69. The number of rotatable bonds is 4. The lowest BCUT2D eigenvalue weighted by Gasteiger charge is -2.39. The van der Waals surface area contributed by atoms with Gasteiger partial charge in [0.25, 0.3) is 0 Å². The van der Waals surface area contributed by atoms with Crippen LogP contribution in [0.1, 0.15) is 45.4 Å². The summed E-state index contributed by atoms with van der Waals surface area (Å²) >= 11 is 0. The minimum absolute atomic E-state index is 0.280. The Kier molecular flexibility index (Phi) is 5.11. The molecule has 3 atom stereocenters. The first-order chi connectivity index (χ1) is 10.7. The van der Waals surface area contributed by atoms with Crippen molar-refractivity contribution in [2.24, 2.45) is 11.7 Å². The Hall–Kier alpha value is -1.86. The summed E-state index contributed by atoms with van der Waals surface area (Å²) in [7, 11) is 0. The quantitative estimate of drug-likeness (QED) is 0.812. The lowest BCUT2D eigenvalue weighted by atomic mass is 9.93. The van der Waals surface area contributed by atoms with Crippen LogP contribution in [-0.2, 0) is 14.3 Å². The zero-order valence-electron chi connectivity index (χ0n) is 13.7. The second kappa shape index (κ2) is 6.72. The van der Waals surface area contributed by atoms with Crippen LogP contribution in [0, 0.1) is 5.92 Å². The van der Waals surface area contributed by atoms with Crippen molar-refractivity contribution in [1.82, 2.24) is 4.90 Å². The number of hydrogen-bond acceptors (Lipinski definition) is 6. The van der Waals surface area contributed by atoms with Crippen molar-refractivity contribution < 1.29 is 23.8 Å². The Morgan fingerprint density at radius 1 is 1.48 bits per heavy atom. The monoisotopic (exact) mass is 324 g/mol. The van der Waals surface area contributed by atoms with E-state index in [-0.39, 0.29) is 11.9 Å². The molecule has 0 unspecified atom stereocenters. The standard InChI is InChI=1S/C16H24N2O5/c1-16(2,3)23-15(21)10-6-7-18(12(17)9-10)13(14(19)20)11-5-4-8-22-11/h4-5,8,10,12-13H,6-7,9,17H2,1-3H3,(H,19,20)/t10-,12+,13-/m1/s1. The highest BCUT2D eigenvalue weighted by Crippen LogP contribution is 2.31. The SMILES string of the molecule is CC(C)(C)OC(=O)[C@@H]1CCN([C@@H](C(=O)O)c2ccco2)[C@H](N)C1. The Labute approximate surface area is 135 Å². The van der Waals surface area contributed by atoms with E-state index < -0.39 is 23.8 Å². The van der Waals surface area contributed by atoms with Crippen LogP contribution in [0.25, 0.3) is 0 Å². The third-order valence-corrected chi connectivity index (χ3v) is 3.81. The van der Waals surface area contributed by atoms with Crippen molar-refractivity contribution in [1.29, 1.82) is 0 Å². The zero-order valence-corrected chi connectivity index (χ0v) is 13.7. The number of nitrogens with zero attached hydrogens (tertiary/aromatic N) is 1. The van der Waals surface area contributed by atoms with E-state index in [9.17, 15) is 14.7 Å². The molecule has 0 radical (unpaired) electrons. The van der Waals surface area contributed by atoms with E-state index in [1.165, 1.54) is 6.26 Å². The van der Waals surface area contributed by atoms with Gasteiger partial charge in [-0.05, 0) is 45.7 Å². The number of piperidine rings is 1. The highest BCUT2D eigenvalue weighted by Gasteiger charge is 2.39. The molecule has 0 bridgehead atoms. The van der Waals surface area contributed by atoms with Crippen LogP contribution < -0.4 is 5.73 Å². The molecule has 0 aromatic carbocycles. The van der Waals surface area contributed by atoms with Crippen molar-refractivity contribution in [2.75, 3.05) is 6.54 Å². The van der Waals surface area contributed by atoms with Crippen molar-refractivity contribution >= 4 is 11.9 Å². The van der Waals surface area contributed by atoms with E-state index in [0.29, 0.717) is 25.1 Å². The third-order valence-electron chi connectivity index (χ3n) is 3.81. The number of furan rings is 1. The van der Waals surface area contributed by atoms with Gasteiger partial charge < -0.3 is 20.0 Å². The molecule has 1 aromatic heterocycles. The molecule has 0 aliphatic carbocycles. The molecule has 0 spiro atoms. The van der Waals surface area contributed by atoms with Gasteiger partial charge in [0.05, 0.1) is 18.3 Å².